The predicted octanol–water partition coefficient (Wildman–Crippen LogP) is 1.89. The molecule has 98 valence electrons. The van der Waals surface area contributed by atoms with Crippen molar-refractivity contribution in [1.29, 1.82) is 0 Å². The third-order valence-electron chi connectivity index (χ3n) is 2.73. The first-order valence-corrected chi connectivity index (χ1v) is 5.63. The van der Waals surface area contributed by atoms with Crippen LogP contribution < -0.4 is 11.1 Å². The smallest absolute Gasteiger partial charge is 0.272 e. The Morgan fingerprint density at radius 1 is 1.42 bits per heavy atom. The summed E-state index contributed by atoms with van der Waals surface area (Å²) in [5, 5.41) is 13.8. The Labute approximate surface area is 109 Å². The van der Waals surface area contributed by atoms with Crippen molar-refractivity contribution in [3.8, 4) is 0 Å². The second-order valence-corrected chi connectivity index (χ2v) is 3.98. The van der Waals surface area contributed by atoms with E-state index < -0.39 is 4.92 Å². The molecule has 2 rings (SSSR count). The van der Waals surface area contributed by atoms with E-state index in [0.29, 0.717) is 23.9 Å². The Kier molecular flexibility index (Phi) is 3.56. The van der Waals surface area contributed by atoms with E-state index in [4.69, 9.17) is 5.73 Å². The average molecular weight is 259 g/mol. The minimum atomic E-state index is -0.393. The standard InChI is InChI=1S/C12H13N5O2/c1-8-9(3-2-4-10(8)17(18)19)7-15-12-14-6-5-11(13)16-12/h2-6H,7H2,1H3,(H3,13,14,15,16). The third-order valence-corrected chi connectivity index (χ3v) is 2.73. The van der Waals surface area contributed by atoms with E-state index in [9.17, 15) is 10.1 Å². The summed E-state index contributed by atoms with van der Waals surface area (Å²) in [5.41, 5.74) is 7.09. The second-order valence-electron chi connectivity index (χ2n) is 3.98. The summed E-state index contributed by atoms with van der Waals surface area (Å²) in [6, 6.07) is 6.55. The zero-order valence-electron chi connectivity index (χ0n) is 10.3. The zero-order chi connectivity index (χ0) is 13.8. The highest BCUT2D eigenvalue weighted by Crippen LogP contribution is 2.21. The number of nitrogens with two attached hydrogens (primary N) is 1. The molecule has 0 aliphatic rings. The maximum absolute atomic E-state index is 10.8. The van der Waals surface area contributed by atoms with Crippen LogP contribution in [0.15, 0.2) is 30.5 Å². The molecule has 1 heterocycles. The fourth-order valence-electron chi connectivity index (χ4n) is 1.69. The summed E-state index contributed by atoms with van der Waals surface area (Å²) >= 11 is 0. The van der Waals surface area contributed by atoms with Gasteiger partial charge in [-0.1, -0.05) is 12.1 Å². The van der Waals surface area contributed by atoms with Crippen molar-refractivity contribution in [2.24, 2.45) is 0 Å². The van der Waals surface area contributed by atoms with Crippen LogP contribution in [0.25, 0.3) is 0 Å². The van der Waals surface area contributed by atoms with Gasteiger partial charge in [-0.15, -0.1) is 0 Å². The summed E-state index contributed by atoms with van der Waals surface area (Å²) < 4.78 is 0. The van der Waals surface area contributed by atoms with Crippen LogP contribution in [0.4, 0.5) is 17.5 Å². The molecule has 0 spiro atoms. The first-order chi connectivity index (χ1) is 9.08. The first kappa shape index (κ1) is 12.7. The monoisotopic (exact) mass is 259 g/mol. The number of hydrogen-bond acceptors (Lipinski definition) is 6. The van der Waals surface area contributed by atoms with E-state index in [2.05, 4.69) is 15.3 Å². The van der Waals surface area contributed by atoms with Gasteiger partial charge in [0.25, 0.3) is 5.69 Å². The Hall–Kier alpha value is -2.70. The van der Waals surface area contributed by atoms with E-state index in [1.165, 1.54) is 6.07 Å². The number of nitrogens with zero attached hydrogens (tertiary/aromatic N) is 3. The molecule has 1 aromatic heterocycles. The van der Waals surface area contributed by atoms with Crippen molar-refractivity contribution in [3.05, 3.63) is 51.7 Å². The molecule has 0 bridgehead atoms. The van der Waals surface area contributed by atoms with E-state index in [1.807, 2.05) is 6.07 Å². The van der Waals surface area contributed by atoms with Gasteiger partial charge in [0.15, 0.2) is 0 Å². The summed E-state index contributed by atoms with van der Waals surface area (Å²) in [5.74, 6) is 0.763. The SMILES string of the molecule is Cc1c(CNc2nccc(N)n2)cccc1[N+](=O)[O-]. The molecule has 0 saturated heterocycles. The molecule has 0 atom stereocenters. The van der Waals surface area contributed by atoms with Crippen LogP contribution in [-0.2, 0) is 6.54 Å². The number of benzene rings is 1. The van der Waals surface area contributed by atoms with Gasteiger partial charge in [0, 0.05) is 24.4 Å². The molecule has 0 unspecified atom stereocenters. The average Bonchev–Trinajstić information content (AvgIpc) is 2.37. The van der Waals surface area contributed by atoms with Gasteiger partial charge in [-0.25, -0.2) is 4.98 Å². The van der Waals surface area contributed by atoms with Gasteiger partial charge in [0.1, 0.15) is 5.82 Å². The van der Waals surface area contributed by atoms with Gasteiger partial charge < -0.3 is 11.1 Å². The number of aromatic nitrogens is 2. The van der Waals surface area contributed by atoms with Crippen molar-refractivity contribution >= 4 is 17.5 Å². The van der Waals surface area contributed by atoms with Crippen molar-refractivity contribution < 1.29 is 4.92 Å². The van der Waals surface area contributed by atoms with Crippen molar-refractivity contribution in [2.75, 3.05) is 11.1 Å². The maximum atomic E-state index is 10.8. The summed E-state index contributed by atoms with van der Waals surface area (Å²) in [6.45, 7) is 2.12. The number of nitro groups is 1. The van der Waals surface area contributed by atoms with E-state index in [-0.39, 0.29) is 5.69 Å². The maximum Gasteiger partial charge on any atom is 0.272 e. The lowest BCUT2D eigenvalue weighted by Crippen LogP contribution is -2.06. The first-order valence-electron chi connectivity index (χ1n) is 5.63. The number of nitrogen functional groups attached to an aromatic ring is 1. The topological polar surface area (TPSA) is 107 Å². The molecule has 0 fully saturated rings. The van der Waals surface area contributed by atoms with Gasteiger partial charge in [-0.05, 0) is 18.6 Å². The molecular weight excluding hydrogens is 246 g/mol. The summed E-state index contributed by atoms with van der Waals surface area (Å²) in [4.78, 5) is 18.4. The lowest BCUT2D eigenvalue weighted by molar-refractivity contribution is -0.385. The van der Waals surface area contributed by atoms with E-state index in [0.717, 1.165) is 5.56 Å². The third kappa shape index (κ3) is 2.95. The zero-order valence-corrected chi connectivity index (χ0v) is 10.3. The lowest BCUT2D eigenvalue weighted by atomic mass is 10.1. The summed E-state index contributed by atoms with van der Waals surface area (Å²) in [7, 11) is 0. The minimum Gasteiger partial charge on any atom is -0.384 e. The Balaban J connectivity index is 2.16. The van der Waals surface area contributed by atoms with Gasteiger partial charge in [0.05, 0.1) is 4.92 Å². The highest BCUT2D eigenvalue weighted by molar-refractivity contribution is 5.46. The predicted molar refractivity (Wildman–Crippen MR) is 71.6 cm³/mol. The molecular formula is C12H13N5O2. The Morgan fingerprint density at radius 2 is 2.21 bits per heavy atom. The van der Waals surface area contributed by atoms with E-state index >= 15 is 0 Å². The molecule has 3 N–H and O–H groups in total. The molecule has 7 nitrogen and oxygen atoms in total. The quantitative estimate of drug-likeness (QED) is 0.641. The molecule has 0 amide bonds. The largest absolute Gasteiger partial charge is 0.384 e. The molecule has 0 radical (unpaired) electrons. The number of nitro benzene ring substituents is 1. The second kappa shape index (κ2) is 5.30. The highest BCUT2D eigenvalue weighted by Gasteiger charge is 2.12. The molecule has 7 heteroatoms. The fourth-order valence-corrected chi connectivity index (χ4v) is 1.69. The molecule has 0 saturated carbocycles. The number of anilines is 2. The molecule has 0 aliphatic heterocycles. The van der Waals surface area contributed by atoms with Crippen LogP contribution in [0.5, 0.6) is 0 Å². The van der Waals surface area contributed by atoms with Gasteiger partial charge >= 0.3 is 0 Å². The van der Waals surface area contributed by atoms with Gasteiger partial charge in [0.2, 0.25) is 5.95 Å². The van der Waals surface area contributed by atoms with Crippen molar-refractivity contribution in [2.45, 2.75) is 13.5 Å². The summed E-state index contributed by atoms with van der Waals surface area (Å²) in [6.07, 6.45) is 1.55. The minimum absolute atomic E-state index is 0.104. The number of hydrogen-bond donors (Lipinski definition) is 2. The van der Waals surface area contributed by atoms with Crippen molar-refractivity contribution in [3.63, 3.8) is 0 Å². The van der Waals surface area contributed by atoms with Crippen LogP contribution in [0.2, 0.25) is 0 Å². The van der Waals surface area contributed by atoms with Crippen LogP contribution in [-0.4, -0.2) is 14.9 Å². The van der Waals surface area contributed by atoms with Crippen LogP contribution in [0, 0.1) is 17.0 Å². The van der Waals surface area contributed by atoms with Crippen LogP contribution >= 0.6 is 0 Å². The molecule has 19 heavy (non-hydrogen) atoms. The van der Waals surface area contributed by atoms with E-state index in [1.54, 1.807) is 25.3 Å². The fraction of sp³-hybridized carbons (Fsp3) is 0.167. The normalized spacial score (nSPS) is 10.2. The van der Waals surface area contributed by atoms with Crippen LogP contribution in [0.1, 0.15) is 11.1 Å². The highest BCUT2D eigenvalue weighted by atomic mass is 16.6. The van der Waals surface area contributed by atoms with Gasteiger partial charge in [-0.2, -0.15) is 4.98 Å². The Morgan fingerprint density at radius 3 is 2.89 bits per heavy atom. The number of nitrogens with one attached hydrogen (secondary N) is 1. The molecule has 2 aromatic rings. The van der Waals surface area contributed by atoms with Crippen LogP contribution in [0.3, 0.4) is 0 Å². The molecule has 1 aromatic carbocycles. The lowest BCUT2D eigenvalue weighted by Gasteiger charge is -2.08. The Bertz CT molecular complexity index is 615. The van der Waals surface area contributed by atoms with Gasteiger partial charge in [-0.3, -0.25) is 10.1 Å². The van der Waals surface area contributed by atoms with Crippen molar-refractivity contribution in [1.82, 2.24) is 9.97 Å². The number of rotatable bonds is 4. The molecule has 0 aliphatic carbocycles.